The Morgan fingerprint density at radius 2 is 2.07 bits per heavy atom. The van der Waals surface area contributed by atoms with Gasteiger partial charge in [-0.05, 0) is 48.7 Å². The van der Waals surface area contributed by atoms with Gasteiger partial charge in [0.1, 0.15) is 5.69 Å². The van der Waals surface area contributed by atoms with Crippen molar-refractivity contribution in [1.29, 1.82) is 0 Å². The summed E-state index contributed by atoms with van der Waals surface area (Å²) in [6, 6.07) is 11.5. The summed E-state index contributed by atoms with van der Waals surface area (Å²) < 4.78 is 18.2. The molecule has 2 aliphatic rings. The number of hydrogen-bond acceptors (Lipinski definition) is 6. The van der Waals surface area contributed by atoms with Crippen LogP contribution in [0.25, 0.3) is 22.5 Å². The van der Waals surface area contributed by atoms with Crippen molar-refractivity contribution in [3.8, 4) is 23.0 Å². The fraction of sp³-hybridized carbons (Fsp3) is 0.227. The van der Waals surface area contributed by atoms with Crippen LogP contribution >= 0.6 is 0 Å². The molecule has 1 saturated carbocycles. The van der Waals surface area contributed by atoms with E-state index in [0.29, 0.717) is 34.6 Å². The molecule has 0 spiro atoms. The largest absolute Gasteiger partial charge is 0.463 e. The summed E-state index contributed by atoms with van der Waals surface area (Å²) in [5.41, 5.74) is 2.78. The van der Waals surface area contributed by atoms with Crippen molar-refractivity contribution >= 4 is 16.9 Å². The lowest BCUT2D eigenvalue weighted by Crippen LogP contribution is -2.25. The van der Waals surface area contributed by atoms with E-state index in [0.717, 1.165) is 29.9 Å². The molecule has 1 aliphatic heterocycles. The molecular formula is C22H18N4O4. The van der Waals surface area contributed by atoms with Crippen LogP contribution < -0.4 is 14.8 Å². The molecule has 1 aromatic carbocycles. The number of nitrogens with one attached hydrogen (secondary N) is 1. The topological polar surface area (TPSA) is 91.4 Å². The van der Waals surface area contributed by atoms with Gasteiger partial charge in [0.25, 0.3) is 5.91 Å². The quantitative estimate of drug-likeness (QED) is 0.550. The molecule has 1 fully saturated rings. The number of furan rings is 1. The Hall–Kier alpha value is -3.81. The SMILES string of the molecule is O=C(NC1CC1)c1cc(-c2ccco2)nc2c1cnn2Cc1ccc2c(c1)OCO2. The predicted molar refractivity (Wildman–Crippen MR) is 107 cm³/mol. The fourth-order valence-electron chi connectivity index (χ4n) is 3.60. The Balaban J connectivity index is 1.43. The summed E-state index contributed by atoms with van der Waals surface area (Å²) in [5, 5.41) is 8.29. The number of hydrogen-bond donors (Lipinski definition) is 1. The molecular weight excluding hydrogens is 384 g/mol. The van der Waals surface area contributed by atoms with Crippen molar-refractivity contribution in [2.24, 2.45) is 0 Å². The van der Waals surface area contributed by atoms with Crippen molar-refractivity contribution < 1.29 is 18.7 Å². The normalized spacial score (nSPS) is 14.9. The van der Waals surface area contributed by atoms with Crippen molar-refractivity contribution in [1.82, 2.24) is 20.1 Å². The number of ether oxygens (including phenoxy) is 2. The molecule has 30 heavy (non-hydrogen) atoms. The zero-order chi connectivity index (χ0) is 20.1. The molecule has 4 heterocycles. The molecule has 0 saturated heterocycles. The number of amides is 1. The molecule has 1 amide bonds. The van der Waals surface area contributed by atoms with Gasteiger partial charge in [0.15, 0.2) is 22.9 Å². The fourth-order valence-corrected chi connectivity index (χ4v) is 3.60. The molecule has 1 aliphatic carbocycles. The van der Waals surface area contributed by atoms with E-state index in [9.17, 15) is 4.79 Å². The van der Waals surface area contributed by atoms with Gasteiger partial charge >= 0.3 is 0 Å². The minimum atomic E-state index is -0.111. The average Bonchev–Trinajstić information content (AvgIpc) is 3.17. The number of benzene rings is 1. The molecule has 0 radical (unpaired) electrons. The second kappa shape index (κ2) is 6.62. The summed E-state index contributed by atoms with van der Waals surface area (Å²) in [6.07, 6.45) is 5.33. The molecule has 3 aromatic heterocycles. The summed E-state index contributed by atoms with van der Waals surface area (Å²) in [5.74, 6) is 1.95. The summed E-state index contributed by atoms with van der Waals surface area (Å²) >= 11 is 0. The van der Waals surface area contributed by atoms with Gasteiger partial charge in [-0.25, -0.2) is 9.67 Å². The number of carbonyl (C=O) groups excluding carboxylic acids is 1. The molecule has 150 valence electrons. The van der Waals surface area contributed by atoms with Gasteiger partial charge in [0.05, 0.1) is 30.0 Å². The second-order valence-electron chi connectivity index (χ2n) is 7.51. The molecule has 0 unspecified atom stereocenters. The second-order valence-corrected chi connectivity index (χ2v) is 7.51. The van der Waals surface area contributed by atoms with Gasteiger partial charge in [-0.1, -0.05) is 6.07 Å². The highest BCUT2D eigenvalue weighted by atomic mass is 16.7. The maximum atomic E-state index is 12.9. The summed E-state index contributed by atoms with van der Waals surface area (Å²) in [4.78, 5) is 17.6. The van der Waals surface area contributed by atoms with E-state index >= 15 is 0 Å². The Labute approximate surface area is 171 Å². The Bertz CT molecular complexity index is 1260. The minimum absolute atomic E-state index is 0.111. The van der Waals surface area contributed by atoms with Crippen LogP contribution in [0.5, 0.6) is 11.5 Å². The number of pyridine rings is 1. The van der Waals surface area contributed by atoms with Gasteiger partial charge in [-0.3, -0.25) is 4.79 Å². The van der Waals surface area contributed by atoms with Gasteiger partial charge in [0.2, 0.25) is 6.79 Å². The van der Waals surface area contributed by atoms with Crippen LogP contribution in [0, 0.1) is 0 Å². The third-order valence-electron chi connectivity index (χ3n) is 5.31. The molecule has 6 rings (SSSR count). The lowest BCUT2D eigenvalue weighted by atomic mass is 10.1. The lowest BCUT2D eigenvalue weighted by molar-refractivity contribution is 0.0952. The van der Waals surface area contributed by atoms with E-state index in [1.165, 1.54) is 0 Å². The third-order valence-corrected chi connectivity index (χ3v) is 5.31. The average molecular weight is 402 g/mol. The Morgan fingerprint density at radius 3 is 2.90 bits per heavy atom. The number of carbonyl (C=O) groups is 1. The van der Waals surface area contributed by atoms with Crippen LogP contribution in [-0.2, 0) is 6.54 Å². The van der Waals surface area contributed by atoms with E-state index in [1.807, 2.05) is 24.3 Å². The van der Waals surface area contributed by atoms with E-state index < -0.39 is 0 Å². The van der Waals surface area contributed by atoms with Crippen LogP contribution in [0.2, 0.25) is 0 Å². The number of rotatable bonds is 5. The Kier molecular flexibility index (Phi) is 3.77. The van der Waals surface area contributed by atoms with E-state index in [1.54, 1.807) is 29.3 Å². The number of nitrogens with zero attached hydrogens (tertiary/aromatic N) is 3. The highest BCUT2D eigenvalue weighted by Gasteiger charge is 2.26. The maximum Gasteiger partial charge on any atom is 0.252 e. The molecule has 8 heteroatoms. The molecule has 8 nitrogen and oxygen atoms in total. The summed E-state index contributed by atoms with van der Waals surface area (Å²) in [7, 11) is 0. The van der Waals surface area contributed by atoms with Gasteiger partial charge < -0.3 is 19.2 Å². The standard InChI is InChI=1S/C22H18N4O4/c27-22(24-14-4-5-14)15-9-17(18-2-1-7-28-18)25-21-16(15)10-23-26(21)11-13-3-6-19-20(8-13)30-12-29-19/h1-3,6-10,14H,4-5,11-12H2,(H,24,27). The van der Waals surface area contributed by atoms with E-state index in [-0.39, 0.29) is 18.7 Å². The molecule has 1 N–H and O–H groups in total. The zero-order valence-electron chi connectivity index (χ0n) is 16.0. The first kappa shape index (κ1) is 17.1. The highest BCUT2D eigenvalue weighted by Crippen LogP contribution is 2.33. The number of aromatic nitrogens is 3. The van der Waals surface area contributed by atoms with Crippen LogP contribution in [0.15, 0.2) is 53.3 Å². The first-order valence-corrected chi connectivity index (χ1v) is 9.84. The molecule has 4 aromatic rings. The van der Waals surface area contributed by atoms with Crippen LogP contribution in [0.3, 0.4) is 0 Å². The van der Waals surface area contributed by atoms with Crippen molar-refractivity contribution in [3.63, 3.8) is 0 Å². The molecule has 0 atom stereocenters. The van der Waals surface area contributed by atoms with Crippen LogP contribution in [0.1, 0.15) is 28.8 Å². The minimum Gasteiger partial charge on any atom is -0.463 e. The van der Waals surface area contributed by atoms with Gasteiger partial charge in [-0.15, -0.1) is 0 Å². The monoisotopic (exact) mass is 402 g/mol. The number of fused-ring (bicyclic) bond motifs is 2. The van der Waals surface area contributed by atoms with Crippen LogP contribution in [-0.4, -0.2) is 33.5 Å². The van der Waals surface area contributed by atoms with Gasteiger partial charge in [-0.2, -0.15) is 5.10 Å². The first-order valence-electron chi connectivity index (χ1n) is 9.84. The Morgan fingerprint density at radius 1 is 1.17 bits per heavy atom. The summed E-state index contributed by atoms with van der Waals surface area (Å²) in [6.45, 7) is 0.718. The van der Waals surface area contributed by atoms with Crippen LogP contribution in [0.4, 0.5) is 0 Å². The third kappa shape index (κ3) is 2.97. The highest BCUT2D eigenvalue weighted by molar-refractivity contribution is 6.06. The van der Waals surface area contributed by atoms with Crippen molar-refractivity contribution in [2.75, 3.05) is 6.79 Å². The lowest BCUT2D eigenvalue weighted by Gasteiger charge is -2.09. The van der Waals surface area contributed by atoms with Crippen molar-refractivity contribution in [3.05, 3.63) is 60.0 Å². The smallest absolute Gasteiger partial charge is 0.252 e. The first-order chi connectivity index (χ1) is 14.7. The van der Waals surface area contributed by atoms with E-state index in [2.05, 4.69) is 10.4 Å². The predicted octanol–water partition coefficient (Wildman–Crippen LogP) is 3.36. The van der Waals surface area contributed by atoms with E-state index in [4.69, 9.17) is 18.9 Å². The molecule has 0 bridgehead atoms. The van der Waals surface area contributed by atoms with Gasteiger partial charge in [0, 0.05) is 6.04 Å². The maximum absolute atomic E-state index is 12.9. The zero-order valence-corrected chi connectivity index (χ0v) is 16.0. The van der Waals surface area contributed by atoms with Crippen molar-refractivity contribution in [2.45, 2.75) is 25.4 Å².